The van der Waals surface area contributed by atoms with Crippen LogP contribution in [0, 0.1) is 5.92 Å². The predicted molar refractivity (Wildman–Crippen MR) is 43.1 cm³/mol. The summed E-state index contributed by atoms with van der Waals surface area (Å²) in [5.41, 5.74) is 6.88. The molecule has 0 amide bonds. The lowest BCUT2D eigenvalue weighted by atomic mass is 10.2. The van der Waals surface area contributed by atoms with Crippen molar-refractivity contribution in [2.45, 2.75) is 12.3 Å². The summed E-state index contributed by atoms with van der Waals surface area (Å²) in [6.45, 7) is 0.815. The second kappa shape index (κ2) is 2.34. The quantitative estimate of drug-likeness (QED) is 0.668. The second-order valence-corrected chi connectivity index (χ2v) is 3.22. The van der Waals surface area contributed by atoms with Gasteiger partial charge in [0.15, 0.2) is 0 Å². The van der Waals surface area contributed by atoms with Gasteiger partial charge in [-0.15, -0.1) is 0 Å². The molecule has 2 rings (SSSR count). The molecule has 1 aromatic rings. The van der Waals surface area contributed by atoms with Crippen molar-refractivity contribution < 1.29 is 0 Å². The predicted octanol–water partition coefficient (Wildman–Crippen LogP) is 0.482. The van der Waals surface area contributed by atoms with Crippen LogP contribution < -0.4 is 5.73 Å². The van der Waals surface area contributed by atoms with E-state index in [9.17, 15) is 0 Å². The van der Waals surface area contributed by atoms with Gasteiger partial charge < -0.3 is 5.73 Å². The van der Waals surface area contributed by atoms with Gasteiger partial charge in [-0.05, 0) is 24.9 Å². The highest BCUT2D eigenvalue weighted by molar-refractivity contribution is 5.17. The lowest BCUT2D eigenvalue weighted by Gasteiger charge is -1.98. The van der Waals surface area contributed by atoms with E-state index in [1.54, 1.807) is 0 Å². The molecule has 1 heterocycles. The fraction of sp³-hybridized carbons (Fsp3) is 0.625. The summed E-state index contributed by atoms with van der Waals surface area (Å²) in [6, 6.07) is 2.08. The molecule has 1 aliphatic carbocycles. The zero-order valence-corrected chi connectivity index (χ0v) is 6.70. The normalized spacial score (nSPS) is 28.9. The van der Waals surface area contributed by atoms with Gasteiger partial charge >= 0.3 is 0 Å². The maximum Gasteiger partial charge on any atom is 0.0492 e. The number of aromatic nitrogens is 2. The molecular weight excluding hydrogens is 138 g/mol. The number of nitrogens with zero attached hydrogens (tertiary/aromatic N) is 2. The number of rotatable bonds is 2. The van der Waals surface area contributed by atoms with Crippen molar-refractivity contribution in [2.24, 2.45) is 18.7 Å². The molecule has 11 heavy (non-hydrogen) atoms. The summed E-state index contributed by atoms with van der Waals surface area (Å²) in [6.07, 6.45) is 3.09. The summed E-state index contributed by atoms with van der Waals surface area (Å²) in [5.74, 6) is 1.40. The maximum atomic E-state index is 5.55. The Balaban J connectivity index is 2.14. The van der Waals surface area contributed by atoms with E-state index in [-0.39, 0.29) is 0 Å². The summed E-state index contributed by atoms with van der Waals surface area (Å²) in [4.78, 5) is 0. The molecule has 2 N–H and O–H groups in total. The van der Waals surface area contributed by atoms with Gasteiger partial charge in [0.25, 0.3) is 0 Å². The van der Waals surface area contributed by atoms with E-state index in [2.05, 4.69) is 11.2 Å². The van der Waals surface area contributed by atoms with Gasteiger partial charge in [0.1, 0.15) is 0 Å². The third-order valence-electron chi connectivity index (χ3n) is 2.46. The Morgan fingerprint density at radius 2 is 2.64 bits per heavy atom. The minimum absolute atomic E-state index is 0.687. The van der Waals surface area contributed by atoms with E-state index in [1.807, 2.05) is 17.9 Å². The van der Waals surface area contributed by atoms with Gasteiger partial charge in [0, 0.05) is 24.9 Å². The SMILES string of the molecule is Cn1nccc1[C@@H]1C[C@@H]1CN. The minimum Gasteiger partial charge on any atom is -0.330 e. The molecule has 0 aliphatic heterocycles. The van der Waals surface area contributed by atoms with Crippen LogP contribution in [0.15, 0.2) is 12.3 Å². The standard InChI is InChI=1S/C8H13N3/c1-11-8(2-3-10-11)7-4-6(7)5-9/h2-3,6-7H,4-5,9H2,1H3/t6-,7-/m1/s1. The maximum absolute atomic E-state index is 5.55. The molecule has 0 unspecified atom stereocenters. The highest BCUT2D eigenvalue weighted by atomic mass is 15.3. The van der Waals surface area contributed by atoms with Crippen LogP contribution >= 0.6 is 0 Å². The van der Waals surface area contributed by atoms with Gasteiger partial charge in [0.05, 0.1) is 0 Å². The highest BCUT2D eigenvalue weighted by Crippen LogP contribution is 2.46. The molecule has 1 aliphatic rings. The van der Waals surface area contributed by atoms with Crippen molar-refractivity contribution in [3.05, 3.63) is 18.0 Å². The largest absolute Gasteiger partial charge is 0.330 e. The number of nitrogens with two attached hydrogens (primary N) is 1. The highest BCUT2D eigenvalue weighted by Gasteiger charge is 2.38. The number of aryl methyl sites for hydroxylation is 1. The molecule has 0 aromatic carbocycles. The molecule has 0 saturated heterocycles. The van der Waals surface area contributed by atoms with Gasteiger partial charge in [-0.1, -0.05) is 0 Å². The van der Waals surface area contributed by atoms with Crippen LogP contribution in [-0.4, -0.2) is 16.3 Å². The third kappa shape index (κ3) is 1.05. The lowest BCUT2D eigenvalue weighted by Crippen LogP contribution is -2.04. The Bertz CT molecular complexity index is 254. The molecular formula is C8H13N3. The Kier molecular flexibility index (Phi) is 1.46. The average Bonchev–Trinajstić information content (AvgIpc) is 2.68. The van der Waals surface area contributed by atoms with Crippen molar-refractivity contribution in [1.29, 1.82) is 0 Å². The van der Waals surface area contributed by atoms with Crippen molar-refractivity contribution in [3.8, 4) is 0 Å². The Morgan fingerprint density at radius 3 is 3.09 bits per heavy atom. The lowest BCUT2D eigenvalue weighted by molar-refractivity contribution is 0.690. The Morgan fingerprint density at radius 1 is 1.82 bits per heavy atom. The van der Waals surface area contributed by atoms with Gasteiger partial charge in [-0.2, -0.15) is 5.10 Å². The first-order chi connectivity index (χ1) is 5.33. The molecule has 1 fully saturated rings. The average molecular weight is 151 g/mol. The van der Waals surface area contributed by atoms with E-state index in [0.717, 1.165) is 6.54 Å². The number of hydrogen-bond acceptors (Lipinski definition) is 2. The number of hydrogen-bond donors (Lipinski definition) is 1. The Hall–Kier alpha value is -0.830. The Labute approximate surface area is 66.2 Å². The monoisotopic (exact) mass is 151 g/mol. The van der Waals surface area contributed by atoms with Crippen molar-refractivity contribution in [2.75, 3.05) is 6.54 Å². The molecule has 1 saturated carbocycles. The van der Waals surface area contributed by atoms with Crippen LogP contribution in [0.5, 0.6) is 0 Å². The summed E-state index contributed by atoms with van der Waals surface area (Å²) in [5, 5.41) is 4.12. The second-order valence-electron chi connectivity index (χ2n) is 3.22. The van der Waals surface area contributed by atoms with Gasteiger partial charge in [-0.25, -0.2) is 0 Å². The van der Waals surface area contributed by atoms with Crippen LogP contribution in [0.2, 0.25) is 0 Å². The summed E-state index contributed by atoms with van der Waals surface area (Å²) < 4.78 is 1.94. The van der Waals surface area contributed by atoms with E-state index >= 15 is 0 Å². The third-order valence-corrected chi connectivity index (χ3v) is 2.46. The van der Waals surface area contributed by atoms with E-state index in [4.69, 9.17) is 5.73 Å². The van der Waals surface area contributed by atoms with Crippen LogP contribution in [0.3, 0.4) is 0 Å². The topological polar surface area (TPSA) is 43.8 Å². The van der Waals surface area contributed by atoms with Crippen molar-refractivity contribution >= 4 is 0 Å². The minimum atomic E-state index is 0.687. The fourth-order valence-corrected chi connectivity index (χ4v) is 1.62. The molecule has 3 heteroatoms. The van der Waals surface area contributed by atoms with E-state index in [0.29, 0.717) is 11.8 Å². The van der Waals surface area contributed by atoms with Crippen molar-refractivity contribution in [3.63, 3.8) is 0 Å². The van der Waals surface area contributed by atoms with Crippen molar-refractivity contribution in [1.82, 2.24) is 9.78 Å². The smallest absolute Gasteiger partial charge is 0.0492 e. The molecule has 1 aromatic heterocycles. The first-order valence-electron chi connectivity index (χ1n) is 4.01. The van der Waals surface area contributed by atoms with Crippen LogP contribution in [-0.2, 0) is 7.05 Å². The van der Waals surface area contributed by atoms with Crippen LogP contribution in [0.1, 0.15) is 18.0 Å². The van der Waals surface area contributed by atoms with Gasteiger partial charge in [0.2, 0.25) is 0 Å². The van der Waals surface area contributed by atoms with E-state index < -0.39 is 0 Å². The summed E-state index contributed by atoms with van der Waals surface area (Å²) in [7, 11) is 1.99. The molecule has 0 spiro atoms. The first kappa shape index (κ1) is 6.85. The molecule has 0 radical (unpaired) electrons. The zero-order chi connectivity index (χ0) is 7.84. The molecule has 0 bridgehead atoms. The molecule has 60 valence electrons. The molecule has 2 atom stereocenters. The van der Waals surface area contributed by atoms with Crippen LogP contribution in [0.4, 0.5) is 0 Å². The fourth-order valence-electron chi connectivity index (χ4n) is 1.62. The summed E-state index contributed by atoms with van der Waals surface area (Å²) >= 11 is 0. The van der Waals surface area contributed by atoms with Crippen LogP contribution in [0.25, 0.3) is 0 Å². The van der Waals surface area contributed by atoms with E-state index in [1.165, 1.54) is 12.1 Å². The van der Waals surface area contributed by atoms with Gasteiger partial charge in [-0.3, -0.25) is 4.68 Å². The first-order valence-corrected chi connectivity index (χ1v) is 4.01. The molecule has 3 nitrogen and oxygen atoms in total. The zero-order valence-electron chi connectivity index (χ0n) is 6.70.